The Hall–Kier alpha value is -2.88. The zero-order valence-electron chi connectivity index (χ0n) is 16.6. The molecule has 0 N–H and O–H groups in total. The number of aromatic nitrogens is 4. The topological polar surface area (TPSA) is 58.8 Å². The molecule has 10 heteroatoms. The van der Waals surface area contributed by atoms with Gasteiger partial charge in [-0.05, 0) is 24.1 Å². The van der Waals surface area contributed by atoms with E-state index < -0.39 is 6.36 Å². The predicted molar refractivity (Wildman–Crippen MR) is 105 cm³/mol. The van der Waals surface area contributed by atoms with E-state index in [-0.39, 0.29) is 5.75 Å². The van der Waals surface area contributed by atoms with Gasteiger partial charge in [0.2, 0.25) is 5.65 Å². The number of ether oxygens (including phenoxy) is 1. The molecule has 4 rings (SSSR count). The van der Waals surface area contributed by atoms with Crippen molar-refractivity contribution in [1.82, 2.24) is 24.5 Å². The van der Waals surface area contributed by atoms with Crippen LogP contribution in [-0.4, -0.2) is 57.0 Å². The van der Waals surface area contributed by atoms with E-state index in [1.54, 1.807) is 18.3 Å². The average Bonchev–Trinajstić information content (AvgIpc) is 3.00. The molecule has 1 saturated heterocycles. The minimum Gasteiger partial charge on any atom is -0.406 e. The molecule has 0 radical (unpaired) electrons. The minimum atomic E-state index is -4.67. The summed E-state index contributed by atoms with van der Waals surface area (Å²) < 4.78 is 42.8. The minimum absolute atomic E-state index is 0.202. The molecular formula is C20H23F3N6O. The highest BCUT2D eigenvalue weighted by atomic mass is 19.4. The van der Waals surface area contributed by atoms with Crippen LogP contribution in [0.15, 0.2) is 36.7 Å². The lowest BCUT2D eigenvalue weighted by Gasteiger charge is -2.23. The van der Waals surface area contributed by atoms with Crippen LogP contribution in [0.3, 0.4) is 0 Å². The molecule has 160 valence electrons. The first-order chi connectivity index (χ1) is 14.4. The third kappa shape index (κ3) is 4.64. The Labute approximate surface area is 172 Å². The maximum Gasteiger partial charge on any atom is 0.573 e. The zero-order chi connectivity index (χ0) is 21.1. The van der Waals surface area contributed by atoms with Crippen LogP contribution in [0.4, 0.5) is 19.0 Å². The first kappa shape index (κ1) is 20.4. The van der Waals surface area contributed by atoms with Gasteiger partial charge in [0.15, 0.2) is 5.82 Å². The monoisotopic (exact) mass is 420 g/mol. The van der Waals surface area contributed by atoms with Gasteiger partial charge in [-0.1, -0.05) is 19.1 Å². The molecule has 1 aromatic carbocycles. The molecule has 0 saturated carbocycles. The summed E-state index contributed by atoms with van der Waals surface area (Å²) in [6, 6.07) is 6.06. The smallest absolute Gasteiger partial charge is 0.406 e. The lowest BCUT2D eigenvalue weighted by Crippen LogP contribution is -2.31. The maximum absolute atomic E-state index is 12.3. The molecule has 0 atom stereocenters. The lowest BCUT2D eigenvalue weighted by molar-refractivity contribution is -0.274. The molecule has 0 unspecified atom stereocenters. The van der Waals surface area contributed by atoms with E-state index >= 15 is 0 Å². The van der Waals surface area contributed by atoms with Crippen molar-refractivity contribution in [3.8, 4) is 5.75 Å². The van der Waals surface area contributed by atoms with Gasteiger partial charge in [0.1, 0.15) is 11.6 Å². The van der Waals surface area contributed by atoms with Crippen LogP contribution in [0.25, 0.3) is 5.65 Å². The Balaban J connectivity index is 1.41. The Bertz CT molecular complexity index is 988. The Morgan fingerprint density at radius 2 is 1.83 bits per heavy atom. The summed E-state index contributed by atoms with van der Waals surface area (Å²) in [5.74, 6) is 1.54. The van der Waals surface area contributed by atoms with E-state index in [9.17, 15) is 13.2 Å². The van der Waals surface area contributed by atoms with E-state index in [1.807, 2.05) is 17.5 Å². The van der Waals surface area contributed by atoms with E-state index in [4.69, 9.17) is 0 Å². The second kappa shape index (κ2) is 8.47. The van der Waals surface area contributed by atoms with Crippen molar-refractivity contribution in [1.29, 1.82) is 0 Å². The molecule has 1 aliphatic rings. The largest absolute Gasteiger partial charge is 0.573 e. The molecule has 7 nitrogen and oxygen atoms in total. The van der Waals surface area contributed by atoms with Crippen molar-refractivity contribution in [3.63, 3.8) is 0 Å². The van der Waals surface area contributed by atoms with Gasteiger partial charge in [0.25, 0.3) is 0 Å². The Morgan fingerprint density at radius 1 is 1.03 bits per heavy atom. The van der Waals surface area contributed by atoms with Crippen LogP contribution in [0.1, 0.15) is 24.7 Å². The van der Waals surface area contributed by atoms with Crippen molar-refractivity contribution >= 4 is 11.5 Å². The van der Waals surface area contributed by atoms with Gasteiger partial charge in [0.05, 0.1) is 0 Å². The number of fused-ring (bicyclic) bond motifs is 1. The summed E-state index contributed by atoms with van der Waals surface area (Å²) in [4.78, 5) is 9.06. The van der Waals surface area contributed by atoms with E-state index in [0.717, 1.165) is 61.9 Å². The van der Waals surface area contributed by atoms with Gasteiger partial charge in [0, 0.05) is 51.5 Å². The third-order valence-corrected chi connectivity index (χ3v) is 5.15. The van der Waals surface area contributed by atoms with Crippen LogP contribution in [0, 0.1) is 0 Å². The molecule has 30 heavy (non-hydrogen) atoms. The van der Waals surface area contributed by atoms with Gasteiger partial charge in [-0.25, -0.2) is 4.98 Å². The lowest BCUT2D eigenvalue weighted by atomic mass is 10.2. The van der Waals surface area contributed by atoms with Gasteiger partial charge in [-0.2, -0.15) is 0 Å². The summed E-state index contributed by atoms with van der Waals surface area (Å²) in [6.07, 6.45) is 0.735. The molecular weight excluding hydrogens is 397 g/mol. The van der Waals surface area contributed by atoms with Crippen molar-refractivity contribution in [2.45, 2.75) is 32.7 Å². The van der Waals surface area contributed by atoms with Gasteiger partial charge in [-0.3, -0.25) is 9.30 Å². The summed E-state index contributed by atoms with van der Waals surface area (Å²) in [7, 11) is 0. The quantitative estimate of drug-likeness (QED) is 0.631. The van der Waals surface area contributed by atoms with Crippen molar-refractivity contribution in [2.75, 3.05) is 31.1 Å². The van der Waals surface area contributed by atoms with Crippen LogP contribution in [0.2, 0.25) is 0 Å². The SMILES string of the molecule is CCc1nnc2c(N3CCCN(Cc4ccc(OC(F)(F)F)cc4)CC3)nccn12. The predicted octanol–water partition coefficient (Wildman–Crippen LogP) is 3.30. The highest BCUT2D eigenvalue weighted by Crippen LogP contribution is 2.24. The van der Waals surface area contributed by atoms with Crippen LogP contribution < -0.4 is 9.64 Å². The normalized spacial score (nSPS) is 16.1. The third-order valence-electron chi connectivity index (χ3n) is 5.15. The number of aryl methyl sites for hydroxylation is 1. The molecule has 3 heterocycles. The molecule has 2 aromatic heterocycles. The number of alkyl halides is 3. The fraction of sp³-hybridized carbons (Fsp3) is 0.450. The number of nitrogens with zero attached hydrogens (tertiary/aromatic N) is 6. The van der Waals surface area contributed by atoms with Crippen LogP contribution in [0.5, 0.6) is 5.75 Å². The molecule has 0 bridgehead atoms. The van der Waals surface area contributed by atoms with E-state index in [0.29, 0.717) is 6.54 Å². The number of hydrogen-bond donors (Lipinski definition) is 0. The fourth-order valence-corrected chi connectivity index (χ4v) is 3.72. The zero-order valence-corrected chi connectivity index (χ0v) is 16.6. The fourth-order valence-electron chi connectivity index (χ4n) is 3.72. The summed E-state index contributed by atoms with van der Waals surface area (Å²) >= 11 is 0. The summed E-state index contributed by atoms with van der Waals surface area (Å²) in [5.41, 5.74) is 1.71. The molecule has 1 aliphatic heterocycles. The number of anilines is 1. The molecule has 0 amide bonds. The molecule has 1 fully saturated rings. The number of benzene rings is 1. The second-order valence-corrected chi connectivity index (χ2v) is 7.22. The number of halogens is 3. The Kier molecular flexibility index (Phi) is 5.76. The van der Waals surface area contributed by atoms with Crippen molar-refractivity contribution in [3.05, 3.63) is 48.0 Å². The molecule has 0 spiro atoms. The van der Waals surface area contributed by atoms with Crippen molar-refractivity contribution in [2.24, 2.45) is 0 Å². The summed E-state index contributed by atoms with van der Waals surface area (Å²) in [6.45, 7) is 6.07. The van der Waals surface area contributed by atoms with Gasteiger partial charge < -0.3 is 9.64 Å². The van der Waals surface area contributed by atoms with Crippen LogP contribution >= 0.6 is 0 Å². The number of rotatable bonds is 5. The second-order valence-electron chi connectivity index (χ2n) is 7.22. The average molecular weight is 420 g/mol. The summed E-state index contributed by atoms with van der Waals surface area (Å²) in [5, 5.41) is 8.57. The first-order valence-corrected chi connectivity index (χ1v) is 9.93. The van der Waals surface area contributed by atoms with E-state index in [1.165, 1.54) is 12.1 Å². The number of hydrogen-bond acceptors (Lipinski definition) is 6. The van der Waals surface area contributed by atoms with Crippen molar-refractivity contribution < 1.29 is 17.9 Å². The van der Waals surface area contributed by atoms with Gasteiger partial charge >= 0.3 is 6.36 Å². The van der Waals surface area contributed by atoms with E-state index in [2.05, 4.69) is 29.7 Å². The Morgan fingerprint density at radius 3 is 2.57 bits per heavy atom. The highest BCUT2D eigenvalue weighted by Gasteiger charge is 2.31. The standard InChI is InChI=1S/C20H23F3N6O/c1-2-17-25-26-19-18(24-8-11-29(17)19)28-10-3-9-27(12-13-28)14-15-4-6-16(7-5-15)30-20(21,22)23/h4-8,11H,2-3,9-10,12-14H2,1H3. The molecule has 0 aliphatic carbocycles. The maximum atomic E-state index is 12.3. The first-order valence-electron chi connectivity index (χ1n) is 9.93. The van der Waals surface area contributed by atoms with Crippen LogP contribution in [-0.2, 0) is 13.0 Å². The highest BCUT2D eigenvalue weighted by molar-refractivity contribution is 5.63. The molecule has 3 aromatic rings. The van der Waals surface area contributed by atoms with Gasteiger partial charge in [-0.15, -0.1) is 23.4 Å².